The van der Waals surface area contributed by atoms with Gasteiger partial charge in [0.2, 0.25) is 0 Å². The molecule has 0 spiro atoms. The van der Waals surface area contributed by atoms with E-state index in [0.29, 0.717) is 17.8 Å². The van der Waals surface area contributed by atoms with Gasteiger partial charge in [-0.2, -0.15) is 5.10 Å². The van der Waals surface area contributed by atoms with Gasteiger partial charge in [0.15, 0.2) is 5.82 Å². The largest absolute Gasteiger partial charge is 0.382 e. The van der Waals surface area contributed by atoms with Crippen molar-refractivity contribution >= 4 is 11.7 Å². The Labute approximate surface area is 106 Å². The summed E-state index contributed by atoms with van der Waals surface area (Å²) in [4.78, 5) is 11.9. The second kappa shape index (κ2) is 5.86. The highest BCUT2D eigenvalue weighted by Crippen LogP contribution is 2.15. The SMILES string of the molecule is Cc1[nH]nc(N)c1C(=O)NCCC1CCCCO1. The van der Waals surface area contributed by atoms with Crippen molar-refractivity contribution in [1.82, 2.24) is 15.5 Å². The molecule has 1 aromatic rings. The van der Waals surface area contributed by atoms with Crippen molar-refractivity contribution in [3.05, 3.63) is 11.3 Å². The first-order valence-corrected chi connectivity index (χ1v) is 6.38. The van der Waals surface area contributed by atoms with Crippen LogP contribution in [0.4, 0.5) is 5.82 Å². The number of carbonyl (C=O) groups is 1. The number of nitrogens with one attached hydrogen (secondary N) is 2. The highest BCUT2D eigenvalue weighted by molar-refractivity contribution is 5.99. The van der Waals surface area contributed by atoms with Crippen molar-refractivity contribution in [2.45, 2.75) is 38.7 Å². The predicted molar refractivity (Wildman–Crippen MR) is 68.3 cm³/mol. The number of hydrogen-bond acceptors (Lipinski definition) is 4. The summed E-state index contributed by atoms with van der Waals surface area (Å²) in [6.07, 6.45) is 4.58. The zero-order valence-corrected chi connectivity index (χ0v) is 10.7. The highest BCUT2D eigenvalue weighted by atomic mass is 16.5. The third-order valence-electron chi connectivity index (χ3n) is 3.23. The van der Waals surface area contributed by atoms with Crippen LogP contribution in [0.3, 0.4) is 0 Å². The lowest BCUT2D eigenvalue weighted by atomic mass is 10.1. The van der Waals surface area contributed by atoms with Gasteiger partial charge >= 0.3 is 0 Å². The fourth-order valence-electron chi connectivity index (χ4n) is 2.20. The zero-order valence-electron chi connectivity index (χ0n) is 10.7. The van der Waals surface area contributed by atoms with Gasteiger partial charge in [-0.1, -0.05) is 0 Å². The van der Waals surface area contributed by atoms with Crippen LogP contribution in [-0.2, 0) is 4.74 Å². The molecule has 1 aliphatic heterocycles. The van der Waals surface area contributed by atoms with E-state index < -0.39 is 0 Å². The van der Waals surface area contributed by atoms with Crippen LogP contribution in [0, 0.1) is 6.92 Å². The van der Waals surface area contributed by atoms with E-state index in [2.05, 4.69) is 15.5 Å². The third kappa shape index (κ3) is 3.01. The molecule has 2 heterocycles. The number of nitrogens with zero attached hydrogens (tertiary/aromatic N) is 1. The molecule has 1 unspecified atom stereocenters. The molecule has 1 saturated heterocycles. The Bertz CT molecular complexity index is 391. The number of aryl methyl sites for hydroxylation is 1. The summed E-state index contributed by atoms with van der Waals surface area (Å²) in [6, 6.07) is 0. The van der Waals surface area contributed by atoms with Crippen LogP contribution in [0.5, 0.6) is 0 Å². The van der Waals surface area contributed by atoms with Gasteiger partial charge in [0.25, 0.3) is 5.91 Å². The number of aromatic amines is 1. The fourth-order valence-corrected chi connectivity index (χ4v) is 2.20. The average molecular weight is 252 g/mol. The van der Waals surface area contributed by atoms with E-state index in [9.17, 15) is 4.79 Å². The lowest BCUT2D eigenvalue weighted by Gasteiger charge is -2.22. The van der Waals surface area contributed by atoms with Crippen molar-refractivity contribution in [3.8, 4) is 0 Å². The highest BCUT2D eigenvalue weighted by Gasteiger charge is 2.17. The normalized spacial score (nSPS) is 19.7. The van der Waals surface area contributed by atoms with E-state index in [1.165, 1.54) is 6.42 Å². The molecule has 18 heavy (non-hydrogen) atoms. The summed E-state index contributed by atoms with van der Waals surface area (Å²) in [5, 5.41) is 9.35. The molecule has 2 rings (SSSR count). The summed E-state index contributed by atoms with van der Waals surface area (Å²) in [5.74, 6) is 0.0773. The zero-order chi connectivity index (χ0) is 13.0. The van der Waals surface area contributed by atoms with Gasteiger partial charge in [-0.05, 0) is 32.6 Å². The molecular weight excluding hydrogens is 232 g/mol. The van der Waals surface area contributed by atoms with E-state index >= 15 is 0 Å². The molecule has 1 amide bonds. The standard InChI is InChI=1S/C12H20N4O2/c1-8-10(11(13)16-15-8)12(17)14-6-5-9-4-2-3-7-18-9/h9H,2-7H2,1H3,(H,14,17)(H3,13,15,16). The molecule has 0 aromatic carbocycles. The smallest absolute Gasteiger partial charge is 0.256 e. The monoisotopic (exact) mass is 252 g/mol. The molecule has 1 aliphatic rings. The molecule has 6 heteroatoms. The van der Waals surface area contributed by atoms with E-state index in [0.717, 1.165) is 25.9 Å². The van der Waals surface area contributed by atoms with Gasteiger partial charge in [-0.25, -0.2) is 0 Å². The number of carbonyl (C=O) groups excluding carboxylic acids is 1. The fraction of sp³-hybridized carbons (Fsp3) is 0.667. The topological polar surface area (TPSA) is 93.0 Å². The second-order valence-corrected chi connectivity index (χ2v) is 4.64. The Hall–Kier alpha value is -1.56. The number of rotatable bonds is 4. The summed E-state index contributed by atoms with van der Waals surface area (Å²) >= 11 is 0. The second-order valence-electron chi connectivity index (χ2n) is 4.64. The molecular formula is C12H20N4O2. The van der Waals surface area contributed by atoms with Gasteiger partial charge in [0.05, 0.1) is 6.10 Å². The van der Waals surface area contributed by atoms with E-state index in [-0.39, 0.29) is 17.8 Å². The van der Waals surface area contributed by atoms with Crippen LogP contribution in [-0.4, -0.2) is 35.4 Å². The Kier molecular flexibility index (Phi) is 4.19. The lowest BCUT2D eigenvalue weighted by molar-refractivity contribution is 0.0117. The van der Waals surface area contributed by atoms with Crippen molar-refractivity contribution in [2.24, 2.45) is 0 Å². The van der Waals surface area contributed by atoms with Crippen LogP contribution in [0.15, 0.2) is 0 Å². The van der Waals surface area contributed by atoms with E-state index in [1.807, 2.05) is 0 Å². The van der Waals surface area contributed by atoms with Crippen molar-refractivity contribution in [3.63, 3.8) is 0 Å². The van der Waals surface area contributed by atoms with Gasteiger partial charge < -0.3 is 15.8 Å². The predicted octanol–water partition coefficient (Wildman–Crippen LogP) is 0.989. The minimum atomic E-state index is -0.172. The molecule has 0 saturated carbocycles. The minimum Gasteiger partial charge on any atom is -0.382 e. The molecule has 0 radical (unpaired) electrons. The van der Waals surface area contributed by atoms with Crippen molar-refractivity contribution < 1.29 is 9.53 Å². The summed E-state index contributed by atoms with van der Waals surface area (Å²) in [7, 11) is 0. The number of H-pyrrole nitrogens is 1. The first-order chi connectivity index (χ1) is 8.68. The van der Waals surface area contributed by atoms with Crippen LogP contribution in [0.1, 0.15) is 41.7 Å². The molecule has 0 aliphatic carbocycles. The summed E-state index contributed by atoms with van der Waals surface area (Å²) in [5.41, 5.74) is 6.77. The maximum atomic E-state index is 11.9. The number of hydrogen-bond donors (Lipinski definition) is 3. The molecule has 1 atom stereocenters. The number of amides is 1. The third-order valence-corrected chi connectivity index (χ3v) is 3.23. The number of nitrogens with two attached hydrogens (primary N) is 1. The van der Waals surface area contributed by atoms with Gasteiger partial charge in [-0.3, -0.25) is 9.89 Å². The lowest BCUT2D eigenvalue weighted by Crippen LogP contribution is -2.30. The Balaban J connectivity index is 1.78. The molecule has 6 nitrogen and oxygen atoms in total. The maximum Gasteiger partial charge on any atom is 0.256 e. The summed E-state index contributed by atoms with van der Waals surface area (Å²) < 4.78 is 5.60. The van der Waals surface area contributed by atoms with Gasteiger partial charge in [-0.15, -0.1) is 0 Å². The maximum absolute atomic E-state index is 11.9. The summed E-state index contributed by atoms with van der Waals surface area (Å²) in [6.45, 7) is 3.22. The first-order valence-electron chi connectivity index (χ1n) is 6.38. The molecule has 4 N–H and O–H groups in total. The quantitative estimate of drug-likeness (QED) is 0.745. The molecule has 0 bridgehead atoms. The minimum absolute atomic E-state index is 0.172. The Morgan fingerprint density at radius 3 is 3.06 bits per heavy atom. The Morgan fingerprint density at radius 2 is 2.44 bits per heavy atom. The van der Waals surface area contributed by atoms with E-state index in [4.69, 9.17) is 10.5 Å². The van der Waals surface area contributed by atoms with Gasteiger partial charge in [0.1, 0.15) is 5.56 Å². The van der Waals surface area contributed by atoms with Crippen LogP contribution in [0.2, 0.25) is 0 Å². The van der Waals surface area contributed by atoms with Crippen LogP contribution >= 0.6 is 0 Å². The van der Waals surface area contributed by atoms with Crippen LogP contribution < -0.4 is 11.1 Å². The molecule has 1 fully saturated rings. The van der Waals surface area contributed by atoms with Crippen molar-refractivity contribution in [1.29, 1.82) is 0 Å². The van der Waals surface area contributed by atoms with E-state index in [1.54, 1.807) is 6.92 Å². The molecule has 1 aromatic heterocycles. The Morgan fingerprint density at radius 1 is 1.61 bits per heavy atom. The molecule has 100 valence electrons. The number of ether oxygens (including phenoxy) is 1. The van der Waals surface area contributed by atoms with Gasteiger partial charge in [0, 0.05) is 18.8 Å². The first kappa shape index (κ1) is 12.9. The number of nitrogen functional groups attached to an aromatic ring is 1. The average Bonchev–Trinajstić information content (AvgIpc) is 2.70. The van der Waals surface area contributed by atoms with Crippen LogP contribution in [0.25, 0.3) is 0 Å². The van der Waals surface area contributed by atoms with Crippen molar-refractivity contribution in [2.75, 3.05) is 18.9 Å². The number of aromatic nitrogens is 2. The number of anilines is 1.